The van der Waals surface area contributed by atoms with E-state index in [2.05, 4.69) is 0 Å². The molecule has 1 aromatic carbocycles. The fourth-order valence-electron chi connectivity index (χ4n) is 2.81. The zero-order valence-electron chi connectivity index (χ0n) is 12.9. The summed E-state index contributed by atoms with van der Waals surface area (Å²) in [5, 5.41) is 0. The number of hydrogen-bond donors (Lipinski definition) is 0. The van der Waals surface area contributed by atoms with Crippen LogP contribution in [0, 0.1) is 0 Å². The first-order valence-electron chi connectivity index (χ1n) is 7.58. The lowest BCUT2D eigenvalue weighted by Gasteiger charge is -2.28. The zero-order chi connectivity index (χ0) is 15.4. The van der Waals surface area contributed by atoms with Gasteiger partial charge in [0.05, 0.1) is 12.1 Å². The summed E-state index contributed by atoms with van der Waals surface area (Å²) in [5.74, 6) is 0.131. The van der Waals surface area contributed by atoms with Crippen LogP contribution in [-0.2, 0) is 16.0 Å². The van der Waals surface area contributed by atoms with Crippen LogP contribution >= 0.6 is 0 Å². The molecule has 2 atom stereocenters. The van der Waals surface area contributed by atoms with Gasteiger partial charge in [0.15, 0.2) is 5.78 Å². The van der Waals surface area contributed by atoms with Crippen molar-refractivity contribution in [2.24, 2.45) is 0 Å². The van der Waals surface area contributed by atoms with Crippen molar-refractivity contribution < 1.29 is 14.3 Å². The molecule has 21 heavy (non-hydrogen) atoms. The minimum absolute atomic E-state index is 0.0440. The Labute approximate surface area is 126 Å². The summed E-state index contributed by atoms with van der Waals surface area (Å²) in [4.78, 5) is 26.3. The number of ketones is 1. The number of carbonyl (C=O) groups excluding carboxylic acids is 2. The Morgan fingerprint density at radius 3 is 2.57 bits per heavy atom. The summed E-state index contributed by atoms with van der Waals surface area (Å²) in [7, 11) is 0. The van der Waals surface area contributed by atoms with E-state index in [1.807, 2.05) is 51.1 Å². The van der Waals surface area contributed by atoms with Gasteiger partial charge in [0.2, 0.25) is 0 Å². The third kappa shape index (κ3) is 3.63. The Bertz CT molecular complexity index is 498. The van der Waals surface area contributed by atoms with Gasteiger partial charge in [-0.25, -0.2) is 4.79 Å². The molecular formula is C17H23NO3. The standard InChI is InChI=1S/C17H23NO3/c1-4-14-11-16(19)15(10-13-8-6-5-7-9-13)18(14)17(20)21-12(2)3/h5-9,12,14-15H,4,10-11H2,1-3H3/t14?,15-/m0/s1. The normalized spacial score (nSPS) is 21.9. The van der Waals surface area contributed by atoms with Gasteiger partial charge in [-0.3, -0.25) is 9.69 Å². The Morgan fingerprint density at radius 2 is 2.00 bits per heavy atom. The predicted octanol–water partition coefficient (Wildman–Crippen LogP) is 3.20. The van der Waals surface area contributed by atoms with Gasteiger partial charge in [-0.1, -0.05) is 37.3 Å². The van der Waals surface area contributed by atoms with Gasteiger partial charge in [0, 0.05) is 18.9 Å². The highest BCUT2D eigenvalue weighted by Gasteiger charge is 2.43. The topological polar surface area (TPSA) is 46.6 Å². The molecule has 1 fully saturated rings. The third-order valence-electron chi connectivity index (χ3n) is 3.83. The molecule has 0 saturated carbocycles. The minimum atomic E-state index is -0.399. The molecular weight excluding hydrogens is 266 g/mol. The van der Waals surface area contributed by atoms with Crippen molar-refractivity contribution in [3.8, 4) is 0 Å². The second-order valence-electron chi connectivity index (χ2n) is 5.78. The van der Waals surface area contributed by atoms with Crippen molar-refractivity contribution in [1.29, 1.82) is 0 Å². The first-order chi connectivity index (χ1) is 10.0. The van der Waals surface area contributed by atoms with Crippen molar-refractivity contribution >= 4 is 11.9 Å². The number of benzene rings is 1. The lowest BCUT2D eigenvalue weighted by molar-refractivity contribution is -0.119. The van der Waals surface area contributed by atoms with Gasteiger partial charge in [-0.15, -0.1) is 0 Å². The minimum Gasteiger partial charge on any atom is -0.447 e. The van der Waals surface area contributed by atoms with Gasteiger partial charge < -0.3 is 4.74 Å². The third-order valence-corrected chi connectivity index (χ3v) is 3.83. The molecule has 4 nitrogen and oxygen atoms in total. The summed E-state index contributed by atoms with van der Waals surface area (Å²) in [6.07, 6.45) is 1.21. The molecule has 0 spiro atoms. The summed E-state index contributed by atoms with van der Waals surface area (Å²) in [5.41, 5.74) is 1.06. The van der Waals surface area contributed by atoms with Crippen LogP contribution in [0.5, 0.6) is 0 Å². The summed E-state index contributed by atoms with van der Waals surface area (Å²) >= 11 is 0. The van der Waals surface area contributed by atoms with Gasteiger partial charge >= 0.3 is 6.09 Å². The second-order valence-corrected chi connectivity index (χ2v) is 5.78. The monoisotopic (exact) mass is 289 g/mol. The lowest BCUT2D eigenvalue weighted by Crippen LogP contribution is -2.44. The van der Waals surface area contributed by atoms with Crippen molar-refractivity contribution in [2.75, 3.05) is 0 Å². The molecule has 2 rings (SSSR count). The van der Waals surface area contributed by atoms with E-state index in [1.54, 1.807) is 4.90 Å². The summed E-state index contributed by atoms with van der Waals surface area (Å²) in [6, 6.07) is 9.36. The number of Topliss-reactive ketones (excluding diaryl/α,β-unsaturated/α-hetero) is 1. The number of nitrogens with zero attached hydrogens (tertiary/aromatic N) is 1. The van der Waals surface area contributed by atoms with Gasteiger partial charge in [0.1, 0.15) is 0 Å². The van der Waals surface area contributed by atoms with Crippen LogP contribution in [0.2, 0.25) is 0 Å². The lowest BCUT2D eigenvalue weighted by atomic mass is 10.0. The molecule has 0 N–H and O–H groups in total. The number of carbonyl (C=O) groups is 2. The Balaban J connectivity index is 2.19. The van der Waals surface area contributed by atoms with E-state index in [4.69, 9.17) is 4.74 Å². The van der Waals surface area contributed by atoms with Crippen LogP contribution in [0.15, 0.2) is 30.3 Å². The number of hydrogen-bond acceptors (Lipinski definition) is 3. The number of likely N-dealkylation sites (tertiary alicyclic amines) is 1. The quantitative estimate of drug-likeness (QED) is 0.855. The molecule has 114 valence electrons. The molecule has 0 aromatic heterocycles. The molecule has 1 heterocycles. The van der Waals surface area contributed by atoms with Crippen molar-refractivity contribution in [2.45, 2.75) is 58.2 Å². The maximum Gasteiger partial charge on any atom is 0.410 e. The smallest absolute Gasteiger partial charge is 0.410 e. The fraction of sp³-hybridized carbons (Fsp3) is 0.529. The van der Waals surface area contributed by atoms with Crippen molar-refractivity contribution in [3.05, 3.63) is 35.9 Å². The highest BCUT2D eigenvalue weighted by Crippen LogP contribution is 2.27. The highest BCUT2D eigenvalue weighted by atomic mass is 16.6. The fourth-order valence-corrected chi connectivity index (χ4v) is 2.81. The van der Waals surface area contributed by atoms with Crippen LogP contribution < -0.4 is 0 Å². The first-order valence-corrected chi connectivity index (χ1v) is 7.58. The molecule has 1 aliphatic heterocycles. The second kappa shape index (κ2) is 6.74. The summed E-state index contributed by atoms with van der Waals surface area (Å²) < 4.78 is 5.32. The van der Waals surface area contributed by atoms with E-state index >= 15 is 0 Å². The average molecular weight is 289 g/mol. The summed E-state index contributed by atoms with van der Waals surface area (Å²) in [6.45, 7) is 5.64. The van der Waals surface area contributed by atoms with E-state index in [0.29, 0.717) is 12.8 Å². The number of amides is 1. The zero-order valence-corrected chi connectivity index (χ0v) is 12.9. The Morgan fingerprint density at radius 1 is 1.33 bits per heavy atom. The van der Waals surface area contributed by atoms with Crippen molar-refractivity contribution in [3.63, 3.8) is 0 Å². The van der Waals surface area contributed by atoms with Crippen LogP contribution in [0.4, 0.5) is 4.79 Å². The van der Waals surface area contributed by atoms with Gasteiger partial charge in [-0.2, -0.15) is 0 Å². The molecule has 0 aliphatic carbocycles. The molecule has 4 heteroatoms. The molecule has 0 radical (unpaired) electrons. The number of rotatable bonds is 4. The average Bonchev–Trinajstić information content (AvgIpc) is 2.76. The van der Waals surface area contributed by atoms with E-state index in [9.17, 15) is 9.59 Å². The van der Waals surface area contributed by atoms with E-state index < -0.39 is 6.04 Å². The predicted molar refractivity (Wildman–Crippen MR) is 81.1 cm³/mol. The number of ether oxygens (including phenoxy) is 1. The Kier molecular flexibility index (Phi) is 4.99. The maximum absolute atomic E-state index is 12.3. The van der Waals surface area contributed by atoms with Crippen LogP contribution in [-0.4, -0.2) is 35.0 Å². The Hall–Kier alpha value is -1.84. The molecule has 1 unspecified atom stereocenters. The molecule has 1 aromatic rings. The molecule has 1 aliphatic rings. The van der Waals surface area contributed by atoms with E-state index in [0.717, 1.165) is 12.0 Å². The highest BCUT2D eigenvalue weighted by molar-refractivity contribution is 5.91. The maximum atomic E-state index is 12.3. The van der Waals surface area contributed by atoms with Crippen LogP contribution in [0.3, 0.4) is 0 Å². The largest absolute Gasteiger partial charge is 0.447 e. The van der Waals surface area contributed by atoms with Gasteiger partial charge in [-0.05, 0) is 25.8 Å². The van der Waals surface area contributed by atoms with E-state index in [1.165, 1.54) is 0 Å². The molecule has 0 bridgehead atoms. The van der Waals surface area contributed by atoms with E-state index in [-0.39, 0.29) is 24.0 Å². The SMILES string of the molecule is CCC1CC(=O)[C@H](Cc2ccccc2)N1C(=O)OC(C)C. The van der Waals surface area contributed by atoms with Crippen molar-refractivity contribution in [1.82, 2.24) is 4.90 Å². The van der Waals surface area contributed by atoms with Crippen LogP contribution in [0.1, 0.15) is 39.2 Å². The molecule has 1 amide bonds. The first kappa shape index (κ1) is 15.5. The molecule has 1 saturated heterocycles. The van der Waals surface area contributed by atoms with Crippen LogP contribution in [0.25, 0.3) is 0 Å². The van der Waals surface area contributed by atoms with Gasteiger partial charge in [0.25, 0.3) is 0 Å².